The normalized spacial score (nSPS) is 17.8. The molecule has 1 saturated carbocycles. The fraction of sp³-hybridized carbons (Fsp3) is 0.500. The Bertz CT molecular complexity index is 541. The van der Waals surface area contributed by atoms with Crippen molar-refractivity contribution in [3.05, 3.63) is 42.7 Å². The molecule has 1 aliphatic carbocycles. The molecule has 2 aromatic rings. The number of nitrogens with zero attached hydrogens (tertiary/aromatic N) is 2. The van der Waals surface area contributed by atoms with E-state index in [0.29, 0.717) is 6.04 Å². The van der Waals surface area contributed by atoms with Gasteiger partial charge in [0.05, 0.1) is 12.7 Å². The lowest BCUT2D eigenvalue weighted by molar-refractivity contribution is 0.252. The minimum Gasteiger partial charge on any atom is -0.315 e. The zero-order chi connectivity index (χ0) is 14.5. The summed E-state index contributed by atoms with van der Waals surface area (Å²) in [5, 5.41) is 8.06. The van der Waals surface area contributed by atoms with Gasteiger partial charge in [-0.1, -0.05) is 49.6 Å². The first-order valence-corrected chi connectivity index (χ1v) is 8.12. The number of rotatable bonds is 5. The molecule has 0 aliphatic heterocycles. The van der Waals surface area contributed by atoms with Crippen molar-refractivity contribution >= 4 is 0 Å². The largest absolute Gasteiger partial charge is 0.315 e. The number of hydrogen-bond acceptors (Lipinski definition) is 2. The summed E-state index contributed by atoms with van der Waals surface area (Å²) in [6.45, 7) is 0.966. The molecule has 0 amide bonds. The van der Waals surface area contributed by atoms with Crippen molar-refractivity contribution in [1.82, 2.24) is 15.1 Å². The van der Waals surface area contributed by atoms with Gasteiger partial charge in [0.25, 0.3) is 0 Å². The van der Waals surface area contributed by atoms with Crippen molar-refractivity contribution in [2.75, 3.05) is 7.05 Å². The van der Waals surface area contributed by atoms with E-state index >= 15 is 0 Å². The highest BCUT2D eigenvalue weighted by Crippen LogP contribution is 2.27. The molecule has 0 bridgehead atoms. The molecule has 1 fully saturated rings. The summed E-state index contributed by atoms with van der Waals surface area (Å²) in [6.07, 6.45) is 11.0. The van der Waals surface area contributed by atoms with Gasteiger partial charge in [-0.3, -0.25) is 4.68 Å². The third-order valence-electron chi connectivity index (χ3n) is 4.71. The maximum atomic E-state index is 4.55. The lowest BCUT2D eigenvalue weighted by Crippen LogP contribution is -2.38. The van der Waals surface area contributed by atoms with Gasteiger partial charge < -0.3 is 5.32 Å². The minimum absolute atomic E-state index is 0.536. The van der Waals surface area contributed by atoms with E-state index in [9.17, 15) is 0 Å². The summed E-state index contributed by atoms with van der Waals surface area (Å²) >= 11 is 0. The monoisotopic (exact) mass is 283 g/mol. The molecule has 3 rings (SSSR count). The second kappa shape index (κ2) is 6.90. The molecule has 0 radical (unpaired) electrons. The Morgan fingerprint density at radius 2 is 1.90 bits per heavy atom. The van der Waals surface area contributed by atoms with E-state index in [4.69, 9.17) is 0 Å². The predicted octanol–water partition coefficient (Wildman–Crippen LogP) is 3.72. The average Bonchev–Trinajstić information content (AvgIpc) is 3.03. The lowest BCUT2D eigenvalue weighted by Gasteiger charge is -2.30. The molecule has 3 heteroatoms. The van der Waals surface area contributed by atoms with Gasteiger partial charge in [0.15, 0.2) is 0 Å². The molecule has 1 aliphatic rings. The maximum absolute atomic E-state index is 4.55. The first kappa shape index (κ1) is 14.3. The van der Waals surface area contributed by atoms with Gasteiger partial charge >= 0.3 is 0 Å². The van der Waals surface area contributed by atoms with Crippen molar-refractivity contribution in [3.8, 4) is 11.1 Å². The molecular formula is C18H25N3. The molecule has 1 aromatic carbocycles. The van der Waals surface area contributed by atoms with E-state index in [0.717, 1.165) is 12.5 Å². The highest BCUT2D eigenvalue weighted by atomic mass is 15.3. The number of hydrogen-bond donors (Lipinski definition) is 1. The first-order chi connectivity index (χ1) is 10.4. The summed E-state index contributed by atoms with van der Waals surface area (Å²) in [7, 11) is 2.08. The van der Waals surface area contributed by atoms with Crippen molar-refractivity contribution in [1.29, 1.82) is 0 Å². The smallest absolute Gasteiger partial charge is 0.0568 e. The zero-order valence-corrected chi connectivity index (χ0v) is 12.8. The Morgan fingerprint density at radius 3 is 2.62 bits per heavy atom. The lowest BCUT2D eigenvalue weighted by atomic mass is 9.84. The van der Waals surface area contributed by atoms with Crippen molar-refractivity contribution < 1.29 is 0 Å². The summed E-state index contributed by atoms with van der Waals surface area (Å²) in [5.74, 6) is 0.799. The van der Waals surface area contributed by atoms with Crippen LogP contribution in [0.2, 0.25) is 0 Å². The second-order valence-corrected chi connectivity index (χ2v) is 6.11. The van der Waals surface area contributed by atoms with Gasteiger partial charge in [0.2, 0.25) is 0 Å². The fourth-order valence-electron chi connectivity index (χ4n) is 3.46. The molecular weight excluding hydrogens is 258 g/mol. The van der Waals surface area contributed by atoms with E-state index in [1.165, 1.54) is 43.2 Å². The van der Waals surface area contributed by atoms with E-state index in [1.807, 2.05) is 12.3 Å². The van der Waals surface area contributed by atoms with Crippen LogP contribution in [0.1, 0.15) is 32.1 Å². The molecule has 1 heterocycles. The molecule has 0 spiro atoms. The minimum atomic E-state index is 0.536. The molecule has 1 atom stereocenters. The van der Waals surface area contributed by atoms with Gasteiger partial charge in [-0.25, -0.2) is 0 Å². The van der Waals surface area contributed by atoms with Gasteiger partial charge in [0, 0.05) is 17.8 Å². The third kappa shape index (κ3) is 3.53. The Balaban J connectivity index is 1.68. The molecule has 112 valence electrons. The highest BCUT2D eigenvalue weighted by Gasteiger charge is 2.22. The van der Waals surface area contributed by atoms with Crippen LogP contribution in [0.4, 0.5) is 0 Å². The SMILES string of the molecule is CNC(Cn1cc(-c2ccccc2)cn1)C1CCCCC1. The maximum Gasteiger partial charge on any atom is 0.0568 e. The van der Waals surface area contributed by atoms with Gasteiger partial charge in [-0.05, 0) is 31.4 Å². The van der Waals surface area contributed by atoms with E-state index in [2.05, 4.69) is 52.6 Å². The third-order valence-corrected chi connectivity index (χ3v) is 4.71. The van der Waals surface area contributed by atoms with Crippen LogP contribution in [0, 0.1) is 5.92 Å². The summed E-state index contributed by atoms with van der Waals surface area (Å²) < 4.78 is 2.10. The van der Waals surface area contributed by atoms with Crippen LogP contribution in [0.25, 0.3) is 11.1 Å². The molecule has 0 saturated heterocycles. The number of benzene rings is 1. The van der Waals surface area contributed by atoms with Crippen LogP contribution in [-0.2, 0) is 6.54 Å². The summed E-state index contributed by atoms with van der Waals surface area (Å²) in [5.41, 5.74) is 2.44. The Morgan fingerprint density at radius 1 is 1.14 bits per heavy atom. The van der Waals surface area contributed by atoms with E-state index < -0.39 is 0 Å². The fourth-order valence-corrected chi connectivity index (χ4v) is 3.46. The van der Waals surface area contributed by atoms with Gasteiger partial charge in [-0.2, -0.15) is 5.10 Å². The number of nitrogens with one attached hydrogen (secondary N) is 1. The predicted molar refractivity (Wildman–Crippen MR) is 87.1 cm³/mol. The van der Waals surface area contributed by atoms with Crippen molar-refractivity contribution in [2.45, 2.75) is 44.7 Å². The Hall–Kier alpha value is -1.61. The quantitative estimate of drug-likeness (QED) is 0.906. The van der Waals surface area contributed by atoms with Gasteiger partial charge in [-0.15, -0.1) is 0 Å². The average molecular weight is 283 g/mol. The second-order valence-electron chi connectivity index (χ2n) is 6.11. The highest BCUT2D eigenvalue weighted by molar-refractivity contribution is 5.61. The van der Waals surface area contributed by atoms with E-state index in [-0.39, 0.29) is 0 Å². The van der Waals surface area contributed by atoms with Crippen molar-refractivity contribution in [2.24, 2.45) is 5.92 Å². The number of aromatic nitrogens is 2. The van der Waals surface area contributed by atoms with E-state index in [1.54, 1.807) is 0 Å². The van der Waals surface area contributed by atoms with Gasteiger partial charge in [0.1, 0.15) is 0 Å². The topological polar surface area (TPSA) is 29.9 Å². The Labute approximate surface area is 127 Å². The first-order valence-electron chi connectivity index (χ1n) is 8.12. The summed E-state index contributed by atoms with van der Waals surface area (Å²) in [6, 6.07) is 11.0. The molecule has 21 heavy (non-hydrogen) atoms. The van der Waals surface area contributed by atoms with Crippen LogP contribution >= 0.6 is 0 Å². The van der Waals surface area contributed by atoms with Crippen LogP contribution < -0.4 is 5.32 Å². The zero-order valence-electron chi connectivity index (χ0n) is 12.8. The number of likely N-dealkylation sites (N-methyl/N-ethyl adjacent to an activating group) is 1. The molecule has 1 aromatic heterocycles. The standard InChI is InChI=1S/C18H25N3/c1-19-18(16-10-6-3-7-11-16)14-21-13-17(12-20-21)15-8-4-2-5-9-15/h2,4-5,8-9,12-13,16,18-19H,3,6-7,10-11,14H2,1H3. The van der Waals surface area contributed by atoms with Crippen LogP contribution in [0.15, 0.2) is 42.7 Å². The molecule has 1 unspecified atom stereocenters. The Kier molecular flexibility index (Phi) is 4.71. The van der Waals surface area contributed by atoms with Crippen LogP contribution in [-0.4, -0.2) is 22.9 Å². The van der Waals surface area contributed by atoms with Crippen molar-refractivity contribution in [3.63, 3.8) is 0 Å². The molecule has 1 N–H and O–H groups in total. The summed E-state index contributed by atoms with van der Waals surface area (Å²) in [4.78, 5) is 0. The van der Waals surface area contributed by atoms with Crippen LogP contribution in [0.5, 0.6) is 0 Å². The van der Waals surface area contributed by atoms with Crippen LogP contribution in [0.3, 0.4) is 0 Å². The molecule has 3 nitrogen and oxygen atoms in total.